The maximum Gasteiger partial charge on any atom is 0.192 e. The molecule has 0 aliphatic carbocycles. The molecule has 2 aromatic carbocycles. The second kappa shape index (κ2) is 7.13. The van der Waals surface area contributed by atoms with Crippen molar-refractivity contribution in [2.75, 3.05) is 6.61 Å². The summed E-state index contributed by atoms with van der Waals surface area (Å²) < 4.78 is 21.9. The molecule has 152 valence electrons. The van der Waals surface area contributed by atoms with E-state index in [0.29, 0.717) is 23.1 Å². The van der Waals surface area contributed by atoms with Gasteiger partial charge in [0.1, 0.15) is 23.6 Å². The molecular formula is C22H15FN6OS. The first-order chi connectivity index (χ1) is 15.3. The maximum atomic E-state index is 14.4. The van der Waals surface area contributed by atoms with Crippen LogP contribution in [0, 0.1) is 5.82 Å². The smallest absolute Gasteiger partial charge is 0.192 e. The molecule has 1 aliphatic rings. The summed E-state index contributed by atoms with van der Waals surface area (Å²) in [5, 5.41) is 11.8. The molecule has 9 heteroatoms. The topological polar surface area (TPSA) is 81.5 Å². The molecule has 0 saturated carbocycles. The summed E-state index contributed by atoms with van der Waals surface area (Å²) in [7, 11) is 0. The van der Waals surface area contributed by atoms with Gasteiger partial charge in [-0.1, -0.05) is 18.2 Å². The minimum atomic E-state index is -0.363. The number of ether oxygens (including phenoxy) is 1. The zero-order chi connectivity index (χ0) is 20.8. The van der Waals surface area contributed by atoms with E-state index in [0.717, 1.165) is 39.4 Å². The third kappa shape index (κ3) is 3.01. The molecule has 0 bridgehead atoms. The Hall–Kier alpha value is -3.85. The van der Waals surface area contributed by atoms with Gasteiger partial charge in [-0.05, 0) is 29.8 Å². The Morgan fingerprint density at radius 1 is 1.13 bits per heavy atom. The molecule has 1 N–H and O–H groups in total. The fourth-order valence-corrected chi connectivity index (χ4v) is 4.73. The highest BCUT2D eigenvalue weighted by Crippen LogP contribution is 2.41. The molecule has 31 heavy (non-hydrogen) atoms. The van der Waals surface area contributed by atoms with Crippen LogP contribution in [0.1, 0.15) is 4.88 Å². The number of hydrogen-bond donors (Lipinski definition) is 1. The summed E-state index contributed by atoms with van der Waals surface area (Å²) in [6.07, 6.45) is 5.78. The van der Waals surface area contributed by atoms with Crippen molar-refractivity contribution >= 4 is 11.3 Å². The van der Waals surface area contributed by atoms with Gasteiger partial charge < -0.3 is 4.74 Å². The van der Waals surface area contributed by atoms with Crippen molar-refractivity contribution in [3.63, 3.8) is 0 Å². The number of aromatic amines is 1. The number of hydrogen-bond acceptors (Lipinski definition) is 6. The minimum absolute atomic E-state index is 0.342. The van der Waals surface area contributed by atoms with Crippen LogP contribution in [-0.2, 0) is 6.42 Å². The summed E-state index contributed by atoms with van der Waals surface area (Å²) in [5.41, 5.74) is 4.15. The van der Waals surface area contributed by atoms with Gasteiger partial charge in [-0.15, -0.1) is 11.3 Å². The van der Waals surface area contributed by atoms with Crippen LogP contribution in [0.5, 0.6) is 5.75 Å². The van der Waals surface area contributed by atoms with Crippen LogP contribution in [-0.4, -0.2) is 36.6 Å². The summed E-state index contributed by atoms with van der Waals surface area (Å²) in [5.74, 6) is 0.934. The first kappa shape index (κ1) is 18.0. The van der Waals surface area contributed by atoms with Gasteiger partial charge >= 0.3 is 0 Å². The number of para-hydroxylation sites is 1. The van der Waals surface area contributed by atoms with Crippen LogP contribution in [0.15, 0.2) is 61.2 Å². The Labute approximate surface area is 180 Å². The molecule has 6 rings (SSSR count). The van der Waals surface area contributed by atoms with Crippen molar-refractivity contribution in [2.24, 2.45) is 0 Å². The van der Waals surface area contributed by atoms with Crippen LogP contribution in [0.3, 0.4) is 0 Å². The Balaban J connectivity index is 1.45. The number of halogens is 1. The quantitative estimate of drug-likeness (QED) is 0.455. The van der Waals surface area contributed by atoms with Crippen molar-refractivity contribution in [1.82, 2.24) is 29.9 Å². The Bertz CT molecular complexity index is 1390. The number of thiazole rings is 1. The predicted molar refractivity (Wildman–Crippen MR) is 115 cm³/mol. The van der Waals surface area contributed by atoms with Crippen molar-refractivity contribution in [2.45, 2.75) is 6.42 Å². The number of benzene rings is 2. The van der Waals surface area contributed by atoms with Gasteiger partial charge in [-0.3, -0.25) is 5.10 Å². The Morgan fingerprint density at radius 3 is 2.94 bits per heavy atom. The van der Waals surface area contributed by atoms with E-state index < -0.39 is 0 Å². The maximum absolute atomic E-state index is 14.4. The van der Waals surface area contributed by atoms with Gasteiger partial charge in [0.25, 0.3) is 0 Å². The van der Waals surface area contributed by atoms with E-state index in [2.05, 4.69) is 20.3 Å². The third-order valence-corrected chi connectivity index (χ3v) is 6.28. The molecule has 1 aliphatic heterocycles. The highest BCUT2D eigenvalue weighted by Gasteiger charge is 2.24. The summed E-state index contributed by atoms with van der Waals surface area (Å²) in [6.45, 7) is 0.552. The van der Waals surface area contributed by atoms with Gasteiger partial charge in [0, 0.05) is 28.6 Å². The number of nitrogens with zero attached hydrogens (tertiary/aromatic N) is 5. The van der Waals surface area contributed by atoms with Crippen LogP contribution in [0.25, 0.3) is 38.9 Å². The summed E-state index contributed by atoms with van der Waals surface area (Å²) >= 11 is 1.53. The van der Waals surface area contributed by atoms with E-state index in [1.165, 1.54) is 28.4 Å². The molecule has 0 unspecified atom stereocenters. The van der Waals surface area contributed by atoms with Crippen molar-refractivity contribution in [3.05, 3.63) is 71.9 Å². The molecular weight excluding hydrogens is 415 g/mol. The lowest BCUT2D eigenvalue weighted by molar-refractivity contribution is 0.327. The number of fused-ring (bicyclic) bond motifs is 3. The lowest BCUT2D eigenvalue weighted by Crippen LogP contribution is -2.02. The highest BCUT2D eigenvalue weighted by atomic mass is 32.1. The van der Waals surface area contributed by atoms with Gasteiger partial charge in [0.15, 0.2) is 10.8 Å². The van der Waals surface area contributed by atoms with E-state index in [9.17, 15) is 4.39 Å². The fourth-order valence-electron chi connectivity index (χ4n) is 3.69. The molecule has 7 nitrogen and oxygen atoms in total. The zero-order valence-electron chi connectivity index (χ0n) is 16.1. The van der Waals surface area contributed by atoms with Crippen LogP contribution in [0.4, 0.5) is 4.39 Å². The lowest BCUT2D eigenvalue weighted by Gasteiger charge is -2.09. The standard InChI is InChI=1S/C22H15FN6OS/c23-16-3-1-2-4-17(16)29-21(24-12-27-29)22-28-20-15-6-5-13(14-10-25-26-11-14)9-18(15)30-8-7-19(20)31-22/h1-6,9-12H,7-8H2,(H,25,26). The average Bonchev–Trinajstić information content (AvgIpc) is 3.53. The Morgan fingerprint density at radius 2 is 2.06 bits per heavy atom. The Kier molecular flexibility index (Phi) is 4.13. The molecule has 0 spiro atoms. The number of nitrogens with one attached hydrogen (secondary N) is 1. The van der Waals surface area contributed by atoms with Gasteiger partial charge in [0.2, 0.25) is 0 Å². The molecule has 0 fully saturated rings. The summed E-state index contributed by atoms with van der Waals surface area (Å²) in [4.78, 5) is 10.3. The van der Waals surface area contributed by atoms with Gasteiger partial charge in [0.05, 0.1) is 18.5 Å². The van der Waals surface area contributed by atoms with Crippen molar-refractivity contribution < 1.29 is 9.13 Å². The molecule has 3 aromatic heterocycles. The monoisotopic (exact) mass is 430 g/mol. The second-order valence-electron chi connectivity index (χ2n) is 7.03. The zero-order valence-corrected chi connectivity index (χ0v) is 16.9. The van der Waals surface area contributed by atoms with Crippen molar-refractivity contribution in [3.8, 4) is 44.7 Å². The minimum Gasteiger partial charge on any atom is -0.492 e. The van der Waals surface area contributed by atoms with Crippen LogP contribution < -0.4 is 4.74 Å². The number of H-pyrrole nitrogens is 1. The van der Waals surface area contributed by atoms with Gasteiger partial charge in [-0.2, -0.15) is 10.2 Å². The molecule has 0 amide bonds. The van der Waals surface area contributed by atoms with E-state index in [1.54, 1.807) is 24.4 Å². The number of aromatic nitrogens is 6. The predicted octanol–water partition coefficient (Wildman–Crippen LogP) is 4.52. The third-order valence-electron chi connectivity index (χ3n) is 5.17. The van der Waals surface area contributed by atoms with E-state index >= 15 is 0 Å². The van der Waals surface area contributed by atoms with Crippen LogP contribution >= 0.6 is 11.3 Å². The van der Waals surface area contributed by atoms with Crippen LogP contribution in [0.2, 0.25) is 0 Å². The lowest BCUT2D eigenvalue weighted by atomic mass is 10.0. The summed E-state index contributed by atoms with van der Waals surface area (Å²) in [6, 6.07) is 12.6. The van der Waals surface area contributed by atoms with E-state index in [-0.39, 0.29) is 5.82 Å². The number of rotatable bonds is 3. The SMILES string of the molecule is Fc1ccccc1-n1ncnc1-c1nc2c(s1)CCOc1cc(-c3cn[nH]c3)ccc1-2. The molecule has 0 radical (unpaired) electrons. The second-order valence-corrected chi connectivity index (χ2v) is 8.12. The van der Waals surface area contributed by atoms with E-state index in [1.807, 2.05) is 24.4 Å². The first-order valence-corrected chi connectivity index (χ1v) is 10.5. The average molecular weight is 430 g/mol. The van der Waals surface area contributed by atoms with Gasteiger partial charge in [-0.25, -0.2) is 19.0 Å². The largest absolute Gasteiger partial charge is 0.492 e. The fraction of sp³-hybridized carbons (Fsp3) is 0.0909. The first-order valence-electron chi connectivity index (χ1n) is 9.69. The molecule has 0 atom stereocenters. The molecule has 5 aromatic rings. The highest BCUT2D eigenvalue weighted by molar-refractivity contribution is 7.15. The van der Waals surface area contributed by atoms with Crippen molar-refractivity contribution in [1.29, 1.82) is 0 Å². The molecule has 0 saturated heterocycles. The van der Waals surface area contributed by atoms with E-state index in [4.69, 9.17) is 9.72 Å². The molecule has 4 heterocycles. The normalized spacial score (nSPS) is 12.7.